The highest BCUT2D eigenvalue weighted by Gasteiger charge is 2.13. The number of nitrogens with zero attached hydrogens (tertiary/aromatic N) is 2. The lowest BCUT2D eigenvalue weighted by Crippen LogP contribution is -2.27. The van der Waals surface area contributed by atoms with Crippen LogP contribution in [0.25, 0.3) is 0 Å². The average Bonchev–Trinajstić information content (AvgIpc) is 2.61. The van der Waals surface area contributed by atoms with Gasteiger partial charge in [0.25, 0.3) is 11.6 Å². The van der Waals surface area contributed by atoms with Crippen LogP contribution in [0.3, 0.4) is 0 Å². The minimum atomic E-state index is -0.437. The third-order valence-corrected chi connectivity index (χ3v) is 4.74. The number of carbonyl (C=O) groups excluding carboxylic acids is 1. The second-order valence-electron chi connectivity index (χ2n) is 5.48. The van der Waals surface area contributed by atoms with Gasteiger partial charge in [0.1, 0.15) is 0 Å². The van der Waals surface area contributed by atoms with Crippen molar-refractivity contribution in [3.63, 3.8) is 0 Å². The first kappa shape index (κ1) is 18.7. The van der Waals surface area contributed by atoms with Gasteiger partial charge in [-0.05, 0) is 19.4 Å². The van der Waals surface area contributed by atoms with Crippen molar-refractivity contribution in [3.05, 3.63) is 75.3 Å². The van der Waals surface area contributed by atoms with Crippen molar-refractivity contribution >= 4 is 29.6 Å². The number of carbonyl (C=O) groups is 1. The van der Waals surface area contributed by atoms with E-state index in [-0.39, 0.29) is 16.8 Å². The van der Waals surface area contributed by atoms with E-state index in [4.69, 9.17) is 0 Å². The smallest absolute Gasteiger partial charge is 0.272 e. The quantitative estimate of drug-likeness (QED) is 0.465. The van der Waals surface area contributed by atoms with Gasteiger partial charge in [0.2, 0.25) is 0 Å². The summed E-state index contributed by atoms with van der Waals surface area (Å²) >= 11 is 1.52. The Morgan fingerprint density at radius 2 is 2.04 bits per heavy atom. The highest BCUT2D eigenvalue weighted by molar-refractivity contribution is 7.99. The number of nitro benzene ring substituents is 1. The van der Waals surface area contributed by atoms with Crippen LogP contribution < -0.4 is 5.43 Å². The number of hydrogen-bond donors (Lipinski definition) is 1. The summed E-state index contributed by atoms with van der Waals surface area (Å²) in [5, 5.41) is 14.6. The lowest BCUT2D eigenvalue weighted by molar-refractivity contribution is -0.385. The van der Waals surface area contributed by atoms with Gasteiger partial charge < -0.3 is 0 Å². The van der Waals surface area contributed by atoms with Crippen molar-refractivity contribution in [1.82, 2.24) is 5.43 Å². The monoisotopic (exact) mass is 357 g/mol. The first-order valence-corrected chi connectivity index (χ1v) is 8.75. The lowest BCUT2D eigenvalue weighted by Gasteiger charge is -2.09. The number of amides is 1. The molecular formula is C18H19N3O3S. The van der Waals surface area contributed by atoms with Gasteiger partial charge in [0.05, 0.1) is 16.4 Å². The largest absolute Gasteiger partial charge is 0.272 e. The van der Waals surface area contributed by atoms with Crippen LogP contribution in [0.1, 0.15) is 23.6 Å². The van der Waals surface area contributed by atoms with Crippen LogP contribution in [0.4, 0.5) is 5.69 Å². The average molecular weight is 357 g/mol. The van der Waals surface area contributed by atoms with E-state index >= 15 is 0 Å². The normalized spacial score (nSPS) is 12.1. The van der Waals surface area contributed by atoms with Crippen LogP contribution in [0.5, 0.6) is 0 Å². The second-order valence-corrected chi connectivity index (χ2v) is 6.81. The lowest BCUT2D eigenvalue weighted by atomic mass is 10.1. The third-order valence-electron chi connectivity index (χ3n) is 3.53. The zero-order chi connectivity index (χ0) is 18.2. The maximum Gasteiger partial charge on any atom is 0.272 e. The summed E-state index contributed by atoms with van der Waals surface area (Å²) in [7, 11) is 0. The molecule has 0 bridgehead atoms. The van der Waals surface area contributed by atoms with Crippen LogP contribution in [0.2, 0.25) is 0 Å². The van der Waals surface area contributed by atoms with Crippen LogP contribution in [0, 0.1) is 17.0 Å². The highest BCUT2D eigenvalue weighted by Crippen LogP contribution is 2.19. The molecule has 2 rings (SSSR count). The van der Waals surface area contributed by atoms with E-state index in [1.54, 1.807) is 19.1 Å². The molecule has 0 aromatic heterocycles. The van der Waals surface area contributed by atoms with Gasteiger partial charge in [-0.25, -0.2) is 5.43 Å². The SMILES string of the molecule is Cc1ccc(/C=N\NC(=O)[C@@H](C)SCc2ccccc2)cc1[N+](=O)[O-]. The van der Waals surface area contributed by atoms with E-state index in [1.807, 2.05) is 37.3 Å². The Morgan fingerprint density at radius 3 is 2.72 bits per heavy atom. The van der Waals surface area contributed by atoms with Gasteiger partial charge in [0, 0.05) is 22.9 Å². The van der Waals surface area contributed by atoms with Crippen molar-refractivity contribution in [2.24, 2.45) is 5.10 Å². The van der Waals surface area contributed by atoms with Crippen LogP contribution >= 0.6 is 11.8 Å². The molecular weight excluding hydrogens is 338 g/mol. The van der Waals surface area contributed by atoms with E-state index in [0.717, 1.165) is 11.3 Å². The van der Waals surface area contributed by atoms with Crippen molar-refractivity contribution in [3.8, 4) is 0 Å². The summed E-state index contributed by atoms with van der Waals surface area (Å²) in [6, 6.07) is 14.7. The standard InChI is InChI=1S/C18H19N3O3S/c1-13-8-9-16(10-17(13)21(23)24)11-19-20-18(22)14(2)25-12-15-6-4-3-5-7-15/h3-11,14H,12H2,1-2H3,(H,20,22)/b19-11-/t14-/m1/s1. The summed E-state index contributed by atoms with van der Waals surface area (Å²) in [5.74, 6) is 0.530. The molecule has 2 aromatic rings. The molecule has 130 valence electrons. The summed E-state index contributed by atoms with van der Waals surface area (Å²) in [6.45, 7) is 3.49. The fraction of sp³-hybridized carbons (Fsp3) is 0.222. The predicted molar refractivity (Wildman–Crippen MR) is 101 cm³/mol. The topological polar surface area (TPSA) is 84.6 Å². The zero-order valence-electron chi connectivity index (χ0n) is 14.0. The Morgan fingerprint density at radius 1 is 1.32 bits per heavy atom. The van der Waals surface area contributed by atoms with Gasteiger partial charge in [-0.2, -0.15) is 5.10 Å². The molecule has 0 aliphatic carbocycles. The van der Waals surface area contributed by atoms with Gasteiger partial charge in [-0.1, -0.05) is 42.5 Å². The number of rotatable bonds is 7. The first-order chi connectivity index (χ1) is 12.0. The Labute approximate surface area is 150 Å². The number of benzene rings is 2. The van der Waals surface area contributed by atoms with E-state index in [0.29, 0.717) is 11.1 Å². The van der Waals surface area contributed by atoms with Crippen molar-refractivity contribution < 1.29 is 9.72 Å². The maximum absolute atomic E-state index is 12.0. The number of nitro groups is 1. The molecule has 25 heavy (non-hydrogen) atoms. The molecule has 1 atom stereocenters. The molecule has 1 N–H and O–H groups in total. The number of nitrogens with one attached hydrogen (secondary N) is 1. The first-order valence-electron chi connectivity index (χ1n) is 7.71. The second kappa shape index (κ2) is 8.98. The molecule has 0 unspecified atom stereocenters. The third kappa shape index (κ3) is 5.72. The van der Waals surface area contributed by atoms with E-state index in [1.165, 1.54) is 24.0 Å². The summed E-state index contributed by atoms with van der Waals surface area (Å²) < 4.78 is 0. The maximum atomic E-state index is 12.0. The molecule has 7 heteroatoms. The fourth-order valence-electron chi connectivity index (χ4n) is 2.04. The molecule has 0 saturated heterocycles. The molecule has 0 aliphatic heterocycles. The van der Waals surface area contributed by atoms with Crippen LogP contribution in [0.15, 0.2) is 53.6 Å². The Balaban J connectivity index is 1.87. The molecule has 0 fully saturated rings. The fourth-order valence-corrected chi connectivity index (χ4v) is 2.87. The van der Waals surface area contributed by atoms with Crippen molar-refractivity contribution in [2.75, 3.05) is 0 Å². The van der Waals surface area contributed by atoms with Crippen LogP contribution in [-0.4, -0.2) is 22.3 Å². The molecule has 0 saturated carbocycles. The molecule has 0 spiro atoms. The van der Waals surface area contributed by atoms with Gasteiger partial charge in [-0.15, -0.1) is 11.8 Å². The van der Waals surface area contributed by atoms with E-state index < -0.39 is 4.92 Å². The van der Waals surface area contributed by atoms with E-state index in [2.05, 4.69) is 10.5 Å². The Bertz CT molecular complexity index is 778. The molecule has 1 amide bonds. The molecule has 6 nitrogen and oxygen atoms in total. The number of hydrogen-bond acceptors (Lipinski definition) is 5. The number of aryl methyl sites for hydroxylation is 1. The molecule has 0 radical (unpaired) electrons. The molecule has 0 aliphatic rings. The number of thioether (sulfide) groups is 1. The van der Waals surface area contributed by atoms with E-state index in [9.17, 15) is 14.9 Å². The summed E-state index contributed by atoms with van der Waals surface area (Å²) in [5.41, 5.74) is 4.79. The van der Waals surface area contributed by atoms with Gasteiger partial charge >= 0.3 is 0 Å². The molecule has 2 aromatic carbocycles. The Kier molecular flexibility index (Phi) is 6.71. The number of hydrazone groups is 1. The highest BCUT2D eigenvalue weighted by atomic mass is 32.2. The van der Waals surface area contributed by atoms with Gasteiger partial charge in [-0.3, -0.25) is 14.9 Å². The van der Waals surface area contributed by atoms with Gasteiger partial charge in [0.15, 0.2) is 0 Å². The summed E-state index contributed by atoms with van der Waals surface area (Å²) in [4.78, 5) is 22.5. The zero-order valence-corrected chi connectivity index (χ0v) is 14.8. The minimum Gasteiger partial charge on any atom is -0.272 e. The van der Waals surface area contributed by atoms with Crippen molar-refractivity contribution in [2.45, 2.75) is 24.9 Å². The Hall–Kier alpha value is -2.67. The molecule has 0 heterocycles. The summed E-state index contributed by atoms with van der Waals surface area (Å²) in [6.07, 6.45) is 1.40. The predicted octanol–water partition coefficient (Wildman–Crippen LogP) is 3.68. The van der Waals surface area contributed by atoms with Crippen molar-refractivity contribution in [1.29, 1.82) is 0 Å². The minimum absolute atomic E-state index is 0.0297. The van der Waals surface area contributed by atoms with Crippen LogP contribution in [-0.2, 0) is 10.5 Å².